The van der Waals surface area contributed by atoms with E-state index in [2.05, 4.69) is 140 Å². The van der Waals surface area contributed by atoms with Gasteiger partial charge >= 0.3 is 0 Å². The van der Waals surface area contributed by atoms with E-state index in [-0.39, 0.29) is 0 Å². The lowest BCUT2D eigenvalue weighted by Crippen LogP contribution is -2.00. The molecular formula is C47H29N3S. The molecule has 2 aromatic heterocycles. The Hall–Kier alpha value is -6.49. The number of aromatic nitrogens is 3. The predicted molar refractivity (Wildman–Crippen MR) is 215 cm³/mol. The SMILES string of the molecule is c1ccc(-c2cccc(-c3nc(-c4ccccc4)nc(-c4ccc(-c5ccc6c(ccc7ccc8sc9ccccc9c8c76)c5)cc4)n3)c2)cc1. The number of hydrogen-bond donors (Lipinski definition) is 0. The summed E-state index contributed by atoms with van der Waals surface area (Å²) in [6.45, 7) is 0. The smallest absolute Gasteiger partial charge is 0.164 e. The molecule has 0 N–H and O–H groups in total. The highest BCUT2D eigenvalue weighted by atomic mass is 32.1. The van der Waals surface area contributed by atoms with Crippen molar-refractivity contribution in [1.82, 2.24) is 15.0 Å². The maximum atomic E-state index is 5.03. The van der Waals surface area contributed by atoms with E-state index < -0.39 is 0 Å². The molecule has 8 aromatic carbocycles. The van der Waals surface area contributed by atoms with Gasteiger partial charge in [0, 0.05) is 36.9 Å². The first-order valence-electron chi connectivity index (χ1n) is 17.1. The van der Waals surface area contributed by atoms with E-state index in [0.717, 1.165) is 33.4 Å². The zero-order chi connectivity index (χ0) is 33.7. The van der Waals surface area contributed by atoms with Gasteiger partial charge in [0.1, 0.15) is 0 Å². The Labute approximate surface area is 299 Å². The summed E-state index contributed by atoms with van der Waals surface area (Å²) in [6.07, 6.45) is 0. The highest BCUT2D eigenvalue weighted by Gasteiger charge is 2.15. The fraction of sp³-hybridized carbons (Fsp3) is 0. The van der Waals surface area contributed by atoms with Crippen LogP contribution in [-0.2, 0) is 0 Å². The monoisotopic (exact) mass is 667 g/mol. The topological polar surface area (TPSA) is 38.7 Å². The molecule has 0 saturated heterocycles. The molecule has 3 nitrogen and oxygen atoms in total. The van der Waals surface area contributed by atoms with E-state index in [9.17, 15) is 0 Å². The third-order valence-electron chi connectivity index (χ3n) is 9.71. The summed E-state index contributed by atoms with van der Waals surface area (Å²) in [5.41, 5.74) is 7.44. The first-order chi connectivity index (χ1) is 25.2. The average Bonchev–Trinajstić information content (AvgIpc) is 3.60. The first kappa shape index (κ1) is 29.4. The maximum Gasteiger partial charge on any atom is 0.164 e. The highest BCUT2D eigenvalue weighted by Crippen LogP contribution is 2.42. The Kier molecular flexibility index (Phi) is 7.00. The summed E-state index contributed by atoms with van der Waals surface area (Å²) in [7, 11) is 0. The van der Waals surface area contributed by atoms with Crippen LogP contribution in [-0.4, -0.2) is 15.0 Å². The van der Waals surface area contributed by atoms with Crippen molar-refractivity contribution < 1.29 is 0 Å². The van der Waals surface area contributed by atoms with Crippen molar-refractivity contribution >= 4 is 53.1 Å². The van der Waals surface area contributed by atoms with Crippen LogP contribution in [0, 0.1) is 0 Å². The zero-order valence-electron chi connectivity index (χ0n) is 27.5. The fourth-order valence-corrected chi connectivity index (χ4v) is 8.29. The van der Waals surface area contributed by atoms with Crippen LogP contribution in [0.2, 0.25) is 0 Å². The second-order valence-corrected chi connectivity index (χ2v) is 13.9. The van der Waals surface area contributed by atoms with Crippen LogP contribution in [0.4, 0.5) is 0 Å². The van der Waals surface area contributed by atoms with Crippen molar-refractivity contribution in [2.75, 3.05) is 0 Å². The quantitative estimate of drug-likeness (QED) is 0.171. The molecule has 0 unspecified atom stereocenters. The molecular weight excluding hydrogens is 639 g/mol. The van der Waals surface area contributed by atoms with Crippen LogP contribution in [0.5, 0.6) is 0 Å². The Balaban J connectivity index is 1.05. The summed E-state index contributed by atoms with van der Waals surface area (Å²) in [6, 6.07) is 62.1. The fourth-order valence-electron chi connectivity index (χ4n) is 7.18. The van der Waals surface area contributed by atoms with E-state index in [1.54, 1.807) is 0 Å². The largest absolute Gasteiger partial charge is 0.208 e. The van der Waals surface area contributed by atoms with Gasteiger partial charge in [-0.2, -0.15) is 0 Å². The second kappa shape index (κ2) is 12.1. The molecule has 0 aliphatic rings. The minimum Gasteiger partial charge on any atom is -0.208 e. The van der Waals surface area contributed by atoms with E-state index in [1.165, 1.54) is 47.3 Å². The Morgan fingerprint density at radius 3 is 1.61 bits per heavy atom. The Morgan fingerprint density at radius 1 is 0.294 bits per heavy atom. The first-order valence-corrected chi connectivity index (χ1v) is 17.9. The maximum absolute atomic E-state index is 5.03. The normalized spacial score (nSPS) is 11.5. The van der Waals surface area contributed by atoms with Gasteiger partial charge in [0.15, 0.2) is 17.5 Å². The van der Waals surface area contributed by atoms with Crippen molar-refractivity contribution in [2.24, 2.45) is 0 Å². The van der Waals surface area contributed by atoms with Crippen LogP contribution in [0.25, 0.3) is 98.1 Å². The van der Waals surface area contributed by atoms with Gasteiger partial charge in [-0.3, -0.25) is 0 Å². The third-order valence-corrected chi connectivity index (χ3v) is 10.8. The molecule has 0 amide bonds. The van der Waals surface area contributed by atoms with Crippen LogP contribution in [0.15, 0.2) is 176 Å². The molecule has 0 radical (unpaired) electrons. The van der Waals surface area contributed by atoms with Gasteiger partial charge in [-0.25, -0.2) is 15.0 Å². The van der Waals surface area contributed by atoms with Crippen LogP contribution in [0.3, 0.4) is 0 Å². The number of hydrogen-bond acceptors (Lipinski definition) is 4. The molecule has 0 spiro atoms. The number of rotatable bonds is 5. The molecule has 0 fully saturated rings. The molecule has 0 bridgehead atoms. The second-order valence-electron chi connectivity index (χ2n) is 12.8. The number of fused-ring (bicyclic) bond motifs is 7. The molecule has 0 aliphatic heterocycles. The van der Waals surface area contributed by atoms with Crippen LogP contribution >= 0.6 is 11.3 Å². The van der Waals surface area contributed by atoms with Crippen molar-refractivity contribution in [3.63, 3.8) is 0 Å². The Morgan fingerprint density at radius 2 is 0.824 bits per heavy atom. The molecule has 4 heteroatoms. The summed E-state index contributed by atoms with van der Waals surface area (Å²) < 4.78 is 2.66. The van der Waals surface area contributed by atoms with Gasteiger partial charge in [0.2, 0.25) is 0 Å². The lowest BCUT2D eigenvalue weighted by atomic mass is 9.94. The molecule has 10 aromatic rings. The van der Waals surface area contributed by atoms with Gasteiger partial charge in [-0.1, -0.05) is 152 Å². The number of nitrogens with zero attached hydrogens (tertiary/aromatic N) is 3. The van der Waals surface area contributed by atoms with Gasteiger partial charge < -0.3 is 0 Å². The van der Waals surface area contributed by atoms with E-state index >= 15 is 0 Å². The molecule has 0 atom stereocenters. The minimum atomic E-state index is 0.646. The van der Waals surface area contributed by atoms with Crippen molar-refractivity contribution in [3.05, 3.63) is 176 Å². The van der Waals surface area contributed by atoms with Crippen molar-refractivity contribution in [3.8, 4) is 56.4 Å². The van der Waals surface area contributed by atoms with E-state index in [4.69, 9.17) is 15.0 Å². The standard InChI is InChI=1S/C47H29N3S/c1-3-10-30(11-4-1)35-14-9-15-38(29-35)47-49-45(33-12-5-2-6-13-33)48-46(50-47)34-21-18-31(19-22-34)36-24-26-39-37(28-36)23-20-32-25-27-42-44(43(32)39)40-16-7-8-17-41(40)51-42/h1-29H. The summed E-state index contributed by atoms with van der Waals surface area (Å²) in [5, 5.41) is 7.81. The van der Waals surface area contributed by atoms with Gasteiger partial charge in [0.05, 0.1) is 0 Å². The zero-order valence-corrected chi connectivity index (χ0v) is 28.3. The van der Waals surface area contributed by atoms with Crippen molar-refractivity contribution in [1.29, 1.82) is 0 Å². The molecule has 238 valence electrons. The minimum absolute atomic E-state index is 0.646. The molecule has 2 heterocycles. The molecule has 10 rings (SSSR count). The number of benzene rings is 8. The van der Waals surface area contributed by atoms with Gasteiger partial charge in [0.25, 0.3) is 0 Å². The average molecular weight is 668 g/mol. The van der Waals surface area contributed by atoms with Crippen LogP contribution in [0.1, 0.15) is 0 Å². The third kappa shape index (κ3) is 5.25. The van der Waals surface area contributed by atoms with Gasteiger partial charge in [-0.05, 0) is 68.1 Å². The van der Waals surface area contributed by atoms with E-state index in [1.807, 2.05) is 47.7 Å². The molecule has 51 heavy (non-hydrogen) atoms. The summed E-state index contributed by atoms with van der Waals surface area (Å²) >= 11 is 1.87. The molecule has 0 saturated carbocycles. The lowest BCUT2D eigenvalue weighted by Gasteiger charge is -2.11. The summed E-state index contributed by atoms with van der Waals surface area (Å²) in [5.74, 6) is 1.95. The van der Waals surface area contributed by atoms with Gasteiger partial charge in [-0.15, -0.1) is 11.3 Å². The number of thiophene rings is 1. The summed E-state index contributed by atoms with van der Waals surface area (Å²) in [4.78, 5) is 15.0. The molecule has 0 aliphatic carbocycles. The highest BCUT2D eigenvalue weighted by molar-refractivity contribution is 7.26. The van der Waals surface area contributed by atoms with E-state index in [0.29, 0.717) is 17.5 Å². The lowest BCUT2D eigenvalue weighted by molar-refractivity contribution is 1.07. The predicted octanol–water partition coefficient (Wildman–Crippen LogP) is 12.9. The van der Waals surface area contributed by atoms with Crippen molar-refractivity contribution in [2.45, 2.75) is 0 Å². The van der Waals surface area contributed by atoms with Crippen LogP contribution < -0.4 is 0 Å². The Bertz CT molecular complexity index is 2900.